The molecule has 0 atom stereocenters. The maximum absolute atomic E-state index is 13.5. The van der Waals surface area contributed by atoms with Crippen molar-refractivity contribution in [3.8, 4) is 5.69 Å². The van der Waals surface area contributed by atoms with Crippen LogP contribution in [0.2, 0.25) is 5.02 Å². The van der Waals surface area contributed by atoms with Gasteiger partial charge in [-0.3, -0.25) is 9.69 Å². The number of carbonyl (C=O) groups excluding carboxylic acids is 1. The number of hydrogen-bond donors (Lipinski definition) is 0. The lowest BCUT2D eigenvalue weighted by Gasteiger charge is -2.32. The highest BCUT2D eigenvalue weighted by Crippen LogP contribution is 2.25. The molecule has 0 bridgehead atoms. The first kappa shape index (κ1) is 21.0. The molecule has 3 rings (SSSR count). The third-order valence-electron chi connectivity index (χ3n) is 5.06. The van der Waals surface area contributed by atoms with Gasteiger partial charge in [-0.1, -0.05) is 11.6 Å². The van der Waals surface area contributed by atoms with Gasteiger partial charge in [0.05, 0.1) is 17.8 Å². The molecule has 1 fully saturated rings. The first-order valence-electron chi connectivity index (χ1n) is 8.93. The van der Waals surface area contributed by atoms with Gasteiger partial charge in [-0.05, 0) is 38.1 Å². The molecule has 2 heterocycles. The number of ketones is 1. The largest absolute Gasteiger partial charge is 0.318 e. The molecule has 28 heavy (non-hydrogen) atoms. The Morgan fingerprint density at radius 2 is 1.79 bits per heavy atom. The van der Waals surface area contributed by atoms with Gasteiger partial charge in [0.15, 0.2) is 5.78 Å². The molecule has 1 aliphatic heterocycles. The van der Waals surface area contributed by atoms with E-state index in [1.807, 2.05) is 29.4 Å². The first-order valence-corrected chi connectivity index (χ1v) is 11.2. The number of carbonyl (C=O) groups is 1. The summed E-state index contributed by atoms with van der Waals surface area (Å²) in [4.78, 5) is 14.8. The van der Waals surface area contributed by atoms with Crippen molar-refractivity contribution in [3.05, 3.63) is 52.1 Å². The van der Waals surface area contributed by atoms with E-state index in [2.05, 4.69) is 0 Å². The number of aromatic nitrogens is 1. The smallest absolute Gasteiger partial charge is 0.211 e. The summed E-state index contributed by atoms with van der Waals surface area (Å²) in [6, 6.07) is 6.29. The molecule has 6 nitrogen and oxygen atoms in total. The van der Waals surface area contributed by atoms with Crippen LogP contribution in [0.25, 0.3) is 5.69 Å². The zero-order chi connectivity index (χ0) is 20.6. The van der Waals surface area contributed by atoms with Crippen LogP contribution < -0.4 is 0 Å². The average molecular weight is 428 g/mol. The van der Waals surface area contributed by atoms with E-state index in [4.69, 9.17) is 11.6 Å². The summed E-state index contributed by atoms with van der Waals surface area (Å²) in [7, 11) is -3.20. The Morgan fingerprint density at radius 1 is 1.14 bits per heavy atom. The van der Waals surface area contributed by atoms with Gasteiger partial charge in [-0.2, -0.15) is 4.31 Å². The van der Waals surface area contributed by atoms with Crippen molar-refractivity contribution in [1.82, 2.24) is 13.8 Å². The number of hydrogen-bond acceptors (Lipinski definition) is 4. The van der Waals surface area contributed by atoms with Crippen LogP contribution in [-0.4, -0.2) is 67.0 Å². The minimum atomic E-state index is -3.20. The average Bonchev–Trinajstić information content (AvgIpc) is 2.92. The molecular formula is C19H23ClFN3O3S. The molecule has 2 aromatic rings. The number of sulfonamides is 1. The fraction of sp³-hybridized carbons (Fsp3) is 0.421. The Kier molecular flexibility index (Phi) is 5.95. The summed E-state index contributed by atoms with van der Waals surface area (Å²) in [5, 5.41) is 0.0293. The lowest BCUT2D eigenvalue weighted by atomic mass is 10.1. The van der Waals surface area contributed by atoms with Crippen LogP contribution in [0, 0.1) is 19.7 Å². The second kappa shape index (κ2) is 7.94. The molecular weight excluding hydrogens is 405 g/mol. The monoisotopic (exact) mass is 427 g/mol. The van der Waals surface area contributed by atoms with Crippen LogP contribution in [0.5, 0.6) is 0 Å². The van der Waals surface area contributed by atoms with E-state index >= 15 is 0 Å². The topological polar surface area (TPSA) is 62.6 Å². The summed E-state index contributed by atoms with van der Waals surface area (Å²) in [6.45, 7) is 5.77. The summed E-state index contributed by atoms with van der Waals surface area (Å²) < 4.78 is 40.0. The summed E-state index contributed by atoms with van der Waals surface area (Å²) in [6.07, 6.45) is 1.20. The molecule has 1 aromatic heterocycles. The van der Waals surface area contributed by atoms with Gasteiger partial charge in [-0.25, -0.2) is 12.8 Å². The summed E-state index contributed by atoms with van der Waals surface area (Å²) >= 11 is 5.90. The maximum Gasteiger partial charge on any atom is 0.211 e. The van der Waals surface area contributed by atoms with E-state index in [0.29, 0.717) is 37.4 Å². The lowest BCUT2D eigenvalue weighted by molar-refractivity contribution is 0.0901. The van der Waals surface area contributed by atoms with Crippen LogP contribution in [0.15, 0.2) is 24.3 Å². The molecule has 0 aliphatic carbocycles. The SMILES string of the molecule is Cc1cc(C(=O)CN2CCN(S(C)(=O)=O)CC2)c(C)n1-c1ccc(F)c(Cl)c1. The minimum absolute atomic E-state index is 0.0274. The third kappa shape index (κ3) is 4.30. The van der Waals surface area contributed by atoms with Crippen LogP contribution >= 0.6 is 11.6 Å². The van der Waals surface area contributed by atoms with Crippen LogP contribution in [-0.2, 0) is 10.0 Å². The number of piperazine rings is 1. The molecule has 1 saturated heterocycles. The zero-order valence-electron chi connectivity index (χ0n) is 16.1. The van der Waals surface area contributed by atoms with E-state index < -0.39 is 15.8 Å². The van der Waals surface area contributed by atoms with Gasteiger partial charge >= 0.3 is 0 Å². The molecule has 0 unspecified atom stereocenters. The predicted molar refractivity (Wildman–Crippen MR) is 107 cm³/mol. The Morgan fingerprint density at radius 3 is 2.36 bits per heavy atom. The molecule has 0 radical (unpaired) electrons. The molecule has 0 amide bonds. The number of benzene rings is 1. The van der Waals surface area contributed by atoms with Gasteiger partial charge < -0.3 is 4.57 Å². The van der Waals surface area contributed by atoms with Crippen molar-refractivity contribution in [2.24, 2.45) is 0 Å². The van der Waals surface area contributed by atoms with Gasteiger partial charge in [0.2, 0.25) is 10.0 Å². The molecule has 152 valence electrons. The molecule has 1 aromatic carbocycles. The van der Waals surface area contributed by atoms with Crippen molar-refractivity contribution in [2.45, 2.75) is 13.8 Å². The fourth-order valence-electron chi connectivity index (χ4n) is 3.57. The normalized spacial score (nSPS) is 16.5. The van der Waals surface area contributed by atoms with Crippen LogP contribution in [0.1, 0.15) is 21.7 Å². The Bertz CT molecular complexity index is 1010. The number of aryl methyl sites for hydroxylation is 1. The minimum Gasteiger partial charge on any atom is -0.318 e. The van der Waals surface area contributed by atoms with E-state index in [1.165, 1.54) is 22.7 Å². The van der Waals surface area contributed by atoms with Gasteiger partial charge in [0.25, 0.3) is 0 Å². The molecule has 0 spiro atoms. The van der Waals surface area contributed by atoms with Crippen molar-refractivity contribution in [3.63, 3.8) is 0 Å². The third-order valence-corrected chi connectivity index (χ3v) is 6.65. The summed E-state index contributed by atoms with van der Waals surface area (Å²) in [5.74, 6) is -0.516. The van der Waals surface area contributed by atoms with E-state index in [9.17, 15) is 17.6 Å². The predicted octanol–water partition coefficient (Wildman–Crippen LogP) is 2.65. The van der Waals surface area contributed by atoms with Gasteiger partial charge in [0, 0.05) is 48.8 Å². The number of halogens is 2. The highest BCUT2D eigenvalue weighted by atomic mass is 35.5. The standard InChI is InChI=1S/C19H23ClFN3O3S/c1-13-10-16(14(2)24(13)15-4-5-18(21)17(20)11-15)19(25)12-22-6-8-23(9-7-22)28(3,26)27/h4-5,10-11H,6-9,12H2,1-3H3. The second-order valence-corrected chi connectivity index (χ2v) is 9.47. The molecule has 0 saturated carbocycles. The van der Waals surface area contributed by atoms with Gasteiger partial charge in [0.1, 0.15) is 5.82 Å². The first-order chi connectivity index (χ1) is 13.1. The van der Waals surface area contributed by atoms with Crippen LogP contribution in [0.3, 0.4) is 0 Å². The molecule has 1 aliphatic rings. The fourth-order valence-corrected chi connectivity index (χ4v) is 4.58. The van der Waals surface area contributed by atoms with E-state index in [-0.39, 0.29) is 17.4 Å². The summed E-state index contributed by atoms with van der Waals surface area (Å²) in [5.41, 5.74) is 2.91. The Labute approximate surface area is 169 Å². The van der Waals surface area contributed by atoms with Crippen molar-refractivity contribution < 1.29 is 17.6 Å². The number of nitrogens with zero attached hydrogens (tertiary/aromatic N) is 3. The maximum atomic E-state index is 13.5. The van der Waals surface area contributed by atoms with E-state index in [1.54, 1.807) is 6.07 Å². The quantitative estimate of drug-likeness (QED) is 0.688. The van der Waals surface area contributed by atoms with Crippen molar-refractivity contribution >= 4 is 27.4 Å². The van der Waals surface area contributed by atoms with Crippen molar-refractivity contribution in [1.29, 1.82) is 0 Å². The Balaban J connectivity index is 1.76. The van der Waals surface area contributed by atoms with E-state index in [0.717, 1.165) is 11.4 Å². The highest BCUT2D eigenvalue weighted by Gasteiger charge is 2.26. The molecule has 9 heteroatoms. The second-order valence-electron chi connectivity index (χ2n) is 7.08. The van der Waals surface area contributed by atoms with Crippen molar-refractivity contribution in [2.75, 3.05) is 39.0 Å². The zero-order valence-corrected chi connectivity index (χ0v) is 17.6. The molecule has 0 N–H and O–H groups in total. The highest BCUT2D eigenvalue weighted by molar-refractivity contribution is 7.88. The Hall–Kier alpha value is -1.74. The number of rotatable bonds is 5. The lowest BCUT2D eigenvalue weighted by Crippen LogP contribution is -2.49. The van der Waals surface area contributed by atoms with Gasteiger partial charge in [-0.15, -0.1) is 0 Å². The number of Topliss-reactive ketones (excluding diaryl/α,β-unsaturated/α-hetero) is 1. The van der Waals surface area contributed by atoms with Crippen LogP contribution in [0.4, 0.5) is 4.39 Å².